The van der Waals surface area contributed by atoms with Gasteiger partial charge < -0.3 is 19.1 Å². The summed E-state index contributed by atoms with van der Waals surface area (Å²) >= 11 is 6.74. The second kappa shape index (κ2) is 8.71. The number of ether oxygens (including phenoxy) is 1. The average Bonchev–Trinajstić information content (AvgIpc) is 3.12. The Morgan fingerprint density at radius 1 is 1.30 bits per heavy atom. The summed E-state index contributed by atoms with van der Waals surface area (Å²) in [5.74, 6) is -0.729. The maximum atomic E-state index is 13.6. The van der Waals surface area contributed by atoms with E-state index in [1.807, 2.05) is 0 Å². The number of aromatic nitrogens is 3. The lowest BCUT2D eigenvalue weighted by Gasteiger charge is -2.25. The van der Waals surface area contributed by atoms with Crippen LogP contribution in [0.2, 0.25) is 5.02 Å². The van der Waals surface area contributed by atoms with Gasteiger partial charge in [0.2, 0.25) is 0 Å². The van der Waals surface area contributed by atoms with Gasteiger partial charge in [0.1, 0.15) is 11.2 Å². The van der Waals surface area contributed by atoms with Gasteiger partial charge in [-0.1, -0.05) is 17.7 Å². The maximum Gasteiger partial charge on any atom is 0.287 e. The van der Waals surface area contributed by atoms with Crippen LogP contribution in [0.15, 0.2) is 28.0 Å². The van der Waals surface area contributed by atoms with Gasteiger partial charge in [-0.2, -0.15) is 5.10 Å². The Balaban J connectivity index is 1.99. The molecule has 1 aliphatic heterocycles. The third-order valence-corrected chi connectivity index (χ3v) is 6.66. The number of nitrogens with zero attached hydrogens (tertiary/aromatic N) is 5. The largest absolute Gasteiger partial charge is 0.493 e. The highest BCUT2D eigenvalue weighted by atomic mass is 35.5. The number of fused-ring (bicyclic) bond motifs is 3. The third-order valence-electron chi connectivity index (χ3n) is 5.36. The van der Waals surface area contributed by atoms with Crippen molar-refractivity contribution in [1.82, 2.24) is 24.1 Å². The van der Waals surface area contributed by atoms with Gasteiger partial charge in [0.05, 0.1) is 24.2 Å². The topological polar surface area (TPSA) is 89.7 Å². The van der Waals surface area contributed by atoms with Gasteiger partial charge in [0.25, 0.3) is 16.7 Å². The van der Waals surface area contributed by atoms with E-state index in [1.54, 1.807) is 30.6 Å². The molecule has 0 saturated carbocycles. The summed E-state index contributed by atoms with van der Waals surface area (Å²) in [5, 5.41) is 4.50. The van der Waals surface area contributed by atoms with Crippen LogP contribution in [0.5, 0.6) is 5.75 Å². The SMILES string of the molecule is COc1c2n(c3c(SC(=O)N(C)C)nn(Cc4ccc(F)c(Cl)c4)c(=O)c13)CCN(C)C2=O. The fraction of sp³-hybridized carbons (Fsp3) is 0.333. The first-order valence-electron chi connectivity index (χ1n) is 9.93. The van der Waals surface area contributed by atoms with Crippen molar-refractivity contribution >= 4 is 45.4 Å². The zero-order valence-electron chi connectivity index (χ0n) is 18.4. The molecule has 0 fully saturated rings. The van der Waals surface area contributed by atoms with Crippen molar-refractivity contribution < 1.29 is 18.7 Å². The van der Waals surface area contributed by atoms with Crippen molar-refractivity contribution in [3.63, 3.8) is 0 Å². The number of amides is 2. The van der Waals surface area contributed by atoms with Crippen LogP contribution in [0.3, 0.4) is 0 Å². The Morgan fingerprint density at radius 2 is 2.03 bits per heavy atom. The lowest BCUT2D eigenvalue weighted by molar-refractivity contribution is 0.0746. The Hall–Kier alpha value is -3.05. The molecule has 174 valence electrons. The Morgan fingerprint density at radius 3 is 2.67 bits per heavy atom. The van der Waals surface area contributed by atoms with E-state index >= 15 is 0 Å². The predicted molar refractivity (Wildman–Crippen MR) is 123 cm³/mol. The number of benzene rings is 1. The van der Waals surface area contributed by atoms with E-state index < -0.39 is 11.4 Å². The number of methoxy groups -OCH3 is 1. The summed E-state index contributed by atoms with van der Waals surface area (Å²) in [7, 11) is 6.27. The summed E-state index contributed by atoms with van der Waals surface area (Å²) in [6.45, 7) is 0.831. The summed E-state index contributed by atoms with van der Waals surface area (Å²) in [6.07, 6.45) is 0. The van der Waals surface area contributed by atoms with Crippen molar-refractivity contribution in [2.24, 2.45) is 0 Å². The van der Waals surface area contributed by atoms with Crippen LogP contribution in [-0.2, 0) is 13.1 Å². The van der Waals surface area contributed by atoms with Gasteiger partial charge in [-0.3, -0.25) is 14.4 Å². The van der Waals surface area contributed by atoms with Crippen LogP contribution in [0.4, 0.5) is 9.18 Å². The van der Waals surface area contributed by atoms with Gasteiger partial charge in [-0.15, -0.1) is 0 Å². The monoisotopic (exact) mass is 493 g/mol. The molecule has 12 heteroatoms. The van der Waals surface area contributed by atoms with Crippen molar-refractivity contribution in [1.29, 1.82) is 0 Å². The molecule has 0 saturated heterocycles. The fourth-order valence-corrected chi connectivity index (χ4v) is 4.68. The van der Waals surface area contributed by atoms with Crippen molar-refractivity contribution in [2.75, 3.05) is 34.8 Å². The third kappa shape index (κ3) is 3.95. The van der Waals surface area contributed by atoms with Crippen LogP contribution >= 0.6 is 23.4 Å². The number of likely N-dealkylation sites (N-methyl/N-ethyl adjacent to an activating group) is 1. The summed E-state index contributed by atoms with van der Waals surface area (Å²) in [6, 6.07) is 4.11. The Bertz CT molecular complexity index is 1350. The molecule has 1 aliphatic rings. The highest BCUT2D eigenvalue weighted by Crippen LogP contribution is 2.38. The molecular weight excluding hydrogens is 473 g/mol. The molecule has 0 atom stereocenters. The Labute approximate surface area is 197 Å². The van der Waals surface area contributed by atoms with E-state index in [1.165, 1.54) is 34.9 Å². The van der Waals surface area contributed by atoms with Gasteiger partial charge >= 0.3 is 0 Å². The minimum atomic E-state index is -0.576. The summed E-state index contributed by atoms with van der Waals surface area (Å²) in [5.41, 5.74) is 0.661. The molecule has 2 aromatic heterocycles. The molecule has 9 nitrogen and oxygen atoms in total. The van der Waals surface area contributed by atoms with E-state index in [0.717, 1.165) is 11.8 Å². The fourth-order valence-electron chi connectivity index (χ4n) is 3.68. The second-order valence-corrected chi connectivity index (χ2v) is 9.11. The molecule has 3 aromatic rings. The van der Waals surface area contributed by atoms with Crippen LogP contribution in [-0.4, -0.2) is 70.1 Å². The number of carbonyl (C=O) groups excluding carboxylic acids is 2. The molecule has 33 heavy (non-hydrogen) atoms. The molecule has 1 aromatic carbocycles. The second-order valence-electron chi connectivity index (χ2n) is 7.76. The zero-order valence-corrected chi connectivity index (χ0v) is 20.0. The smallest absolute Gasteiger partial charge is 0.287 e. The van der Waals surface area contributed by atoms with E-state index in [-0.39, 0.29) is 44.6 Å². The lowest BCUT2D eigenvalue weighted by atomic mass is 10.2. The predicted octanol–water partition coefficient (Wildman–Crippen LogP) is 2.91. The van der Waals surface area contributed by atoms with Crippen LogP contribution in [0, 0.1) is 5.82 Å². The zero-order chi connectivity index (χ0) is 24.0. The number of rotatable bonds is 4. The molecule has 0 spiro atoms. The molecule has 3 heterocycles. The van der Waals surface area contributed by atoms with Crippen molar-refractivity contribution in [3.05, 3.63) is 50.7 Å². The normalized spacial score (nSPS) is 13.4. The molecule has 0 bridgehead atoms. The number of thioether (sulfide) groups is 1. The summed E-state index contributed by atoms with van der Waals surface area (Å²) in [4.78, 5) is 41.9. The molecule has 0 radical (unpaired) electrons. The van der Waals surface area contributed by atoms with E-state index in [2.05, 4.69) is 5.10 Å². The maximum absolute atomic E-state index is 13.6. The van der Waals surface area contributed by atoms with Crippen molar-refractivity contribution in [3.8, 4) is 5.75 Å². The highest BCUT2D eigenvalue weighted by Gasteiger charge is 2.34. The number of carbonyl (C=O) groups is 2. The minimum Gasteiger partial charge on any atom is -0.493 e. The van der Waals surface area contributed by atoms with Gasteiger partial charge in [0.15, 0.2) is 16.5 Å². The first-order chi connectivity index (χ1) is 15.6. The number of halogens is 2. The first kappa shape index (κ1) is 23.1. The first-order valence-corrected chi connectivity index (χ1v) is 11.1. The van der Waals surface area contributed by atoms with E-state index in [0.29, 0.717) is 24.2 Å². The standard InChI is InChI=1S/C21H21ClFN5O4S/c1-25(2)21(31)33-18-15-14(17(32-4)16-20(30)26(3)7-8-27(15)16)19(29)28(24-18)10-11-5-6-13(23)12(22)9-11/h5-6,9H,7-8,10H2,1-4H3. The Kier molecular flexibility index (Phi) is 6.10. The number of hydrogen-bond acceptors (Lipinski definition) is 6. The van der Waals surface area contributed by atoms with E-state index in [4.69, 9.17) is 16.3 Å². The van der Waals surface area contributed by atoms with Crippen LogP contribution in [0.25, 0.3) is 10.9 Å². The molecule has 4 rings (SSSR count). The van der Waals surface area contributed by atoms with Crippen LogP contribution in [0.1, 0.15) is 16.1 Å². The van der Waals surface area contributed by atoms with Gasteiger partial charge in [0, 0.05) is 34.2 Å². The lowest BCUT2D eigenvalue weighted by Crippen LogP contribution is -2.37. The molecular formula is C21H21ClFN5O4S. The molecule has 0 N–H and O–H groups in total. The molecule has 0 unspecified atom stereocenters. The van der Waals surface area contributed by atoms with Crippen molar-refractivity contribution in [2.45, 2.75) is 18.1 Å². The molecule has 0 aliphatic carbocycles. The minimum absolute atomic E-state index is 0.0179. The number of hydrogen-bond donors (Lipinski definition) is 0. The highest BCUT2D eigenvalue weighted by molar-refractivity contribution is 8.13. The van der Waals surface area contributed by atoms with E-state index in [9.17, 15) is 18.8 Å². The van der Waals surface area contributed by atoms with Gasteiger partial charge in [-0.05, 0) is 29.5 Å². The van der Waals surface area contributed by atoms with Gasteiger partial charge in [-0.25, -0.2) is 9.07 Å². The molecule has 2 amide bonds. The average molecular weight is 494 g/mol. The quantitative estimate of drug-likeness (QED) is 0.519. The van der Waals surface area contributed by atoms with Crippen LogP contribution < -0.4 is 10.3 Å². The summed E-state index contributed by atoms with van der Waals surface area (Å²) < 4.78 is 22.0.